The van der Waals surface area contributed by atoms with Crippen molar-refractivity contribution < 1.29 is 13.9 Å². The summed E-state index contributed by atoms with van der Waals surface area (Å²) >= 11 is 0. The van der Waals surface area contributed by atoms with Crippen molar-refractivity contribution >= 4 is 5.91 Å². The minimum absolute atomic E-state index is 0.135. The zero-order chi connectivity index (χ0) is 16.7. The standard InChI is InChI=1S/C18H21FN2O2/c1-13(20)11-18(22)21-16(14-7-3-2-4-8-14)12-23-17-10-6-5-9-15(17)19/h2-10,13,16H,11-12,20H2,1H3,(H,21,22). The second kappa shape index (κ2) is 8.29. The molecule has 4 nitrogen and oxygen atoms in total. The molecule has 2 unspecified atom stereocenters. The highest BCUT2D eigenvalue weighted by atomic mass is 19.1. The lowest BCUT2D eigenvalue weighted by atomic mass is 10.1. The highest BCUT2D eigenvalue weighted by Crippen LogP contribution is 2.19. The smallest absolute Gasteiger partial charge is 0.222 e. The number of para-hydroxylation sites is 1. The molecule has 0 heterocycles. The molecule has 2 atom stereocenters. The van der Waals surface area contributed by atoms with Crippen LogP contribution in [0.5, 0.6) is 5.75 Å². The van der Waals surface area contributed by atoms with Gasteiger partial charge in [0.2, 0.25) is 5.91 Å². The Morgan fingerprint density at radius 1 is 1.17 bits per heavy atom. The summed E-state index contributed by atoms with van der Waals surface area (Å²) < 4.78 is 19.2. The summed E-state index contributed by atoms with van der Waals surface area (Å²) in [5.74, 6) is -0.429. The van der Waals surface area contributed by atoms with Crippen molar-refractivity contribution in [3.05, 3.63) is 66.0 Å². The predicted octanol–water partition coefficient (Wildman–Crippen LogP) is 2.80. The zero-order valence-corrected chi connectivity index (χ0v) is 13.0. The average Bonchev–Trinajstić information content (AvgIpc) is 2.53. The van der Waals surface area contributed by atoms with Gasteiger partial charge in [-0.25, -0.2) is 4.39 Å². The molecule has 0 saturated carbocycles. The van der Waals surface area contributed by atoms with E-state index in [0.717, 1.165) is 5.56 Å². The van der Waals surface area contributed by atoms with Crippen molar-refractivity contribution in [1.29, 1.82) is 0 Å². The first-order chi connectivity index (χ1) is 11.1. The third kappa shape index (κ3) is 5.38. The van der Waals surface area contributed by atoms with Gasteiger partial charge in [0.1, 0.15) is 6.61 Å². The number of halogens is 1. The van der Waals surface area contributed by atoms with Crippen molar-refractivity contribution in [2.45, 2.75) is 25.4 Å². The Balaban J connectivity index is 2.08. The van der Waals surface area contributed by atoms with Crippen LogP contribution < -0.4 is 15.8 Å². The Morgan fingerprint density at radius 3 is 2.48 bits per heavy atom. The second-order valence-electron chi connectivity index (χ2n) is 5.45. The molecule has 0 fully saturated rings. The van der Waals surface area contributed by atoms with Gasteiger partial charge in [0.05, 0.1) is 6.04 Å². The zero-order valence-electron chi connectivity index (χ0n) is 13.0. The van der Waals surface area contributed by atoms with Gasteiger partial charge in [-0.3, -0.25) is 4.79 Å². The van der Waals surface area contributed by atoms with Crippen molar-refractivity contribution in [3.63, 3.8) is 0 Å². The molecule has 23 heavy (non-hydrogen) atoms. The minimum atomic E-state index is -0.429. The van der Waals surface area contributed by atoms with Crippen LogP contribution in [0.1, 0.15) is 24.9 Å². The molecule has 0 aliphatic heterocycles. The Morgan fingerprint density at radius 2 is 1.83 bits per heavy atom. The molecule has 0 aromatic heterocycles. The van der Waals surface area contributed by atoms with Crippen molar-refractivity contribution in [3.8, 4) is 5.75 Å². The van der Waals surface area contributed by atoms with E-state index in [0.29, 0.717) is 0 Å². The molecule has 0 spiro atoms. The van der Waals surface area contributed by atoms with Crippen molar-refractivity contribution in [1.82, 2.24) is 5.32 Å². The molecule has 0 radical (unpaired) electrons. The lowest BCUT2D eigenvalue weighted by Gasteiger charge is -2.20. The molecular weight excluding hydrogens is 295 g/mol. The summed E-state index contributed by atoms with van der Waals surface area (Å²) in [5.41, 5.74) is 6.54. The lowest BCUT2D eigenvalue weighted by Crippen LogP contribution is -2.35. The summed E-state index contributed by atoms with van der Waals surface area (Å²) in [5, 5.41) is 2.89. The van der Waals surface area contributed by atoms with E-state index in [-0.39, 0.29) is 36.8 Å². The summed E-state index contributed by atoms with van der Waals surface area (Å²) in [6.07, 6.45) is 0.225. The monoisotopic (exact) mass is 316 g/mol. The van der Waals surface area contributed by atoms with Gasteiger partial charge in [-0.2, -0.15) is 0 Å². The van der Waals surface area contributed by atoms with E-state index in [2.05, 4.69) is 5.32 Å². The molecule has 0 saturated heterocycles. The van der Waals surface area contributed by atoms with E-state index in [1.165, 1.54) is 6.07 Å². The van der Waals surface area contributed by atoms with Crippen molar-refractivity contribution in [2.24, 2.45) is 5.73 Å². The number of benzene rings is 2. The molecule has 0 aliphatic carbocycles. The van der Waals surface area contributed by atoms with Crippen LogP contribution in [0.3, 0.4) is 0 Å². The third-order valence-electron chi connectivity index (χ3n) is 3.29. The molecule has 2 rings (SSSR count). The Labute approximate surface area is 135 Å². The number of rotatable bonds is 7. The largest absolute Gasteiger partial charge is 0.488 e. The molecule has 2 aromatic rings. The van der Waals surface area contributed by atoms with Gasteiger partial charge in [0.15, 0.2) is 11.6 Å². The number of amides is 1. The average molecular weight is 316 g/mol. The normalized spacial score (nSPS) is 13.2. The quantitative estimate of drug-likeness (QED) is 0.825. The highest BCUT2D eigenvalue weighted by Gasteiger charge is 2.17. The predicted molar refractivity (Wildman–Crippen MR) is 87.5 cm³/mol. The van der Waals surface area contributed by atoms with E-state index in [9.17, 15) is 9.18 Å². The van der Waals surface area contributed by atoms with Gasteiger partial charge in [0, 0.05) is 12.5 Å². The van der Waals surface area contributed by atoms with Crippen LogP contribution in [0.4, 0.5) is 4.39 Å². The number of ether oxygens (including phenoxy) is 1. The number of nitrogens with one attached hydrogen (secondary N) is 1. The maximum absolute atomic E-state index is 13.6. The SMILES string of the molecule is CC(N)CC(=O)NC(COc1ccccc1F)c1ccccc1. The molecular formula is C18H21FN2O2. The van der Waals surface area contributed by atoms with Gasteiger partial charge in [-0.05, 0) is 24.6 Å². The Hall–Kier alpha value is -2.40. The molecule has 3 N–H and O–H groups in total. The van der Waals surface area contributed by atoms with Gasteiger partial charge < -0.3 is 15.8 Å². The van der Waals surface area contributed by atoms with E-state index in [1.54, 1.807) is 25.1 Å². The van der Waals surface area contributed by atoms with Crippen LogP contribution >= 0.6 is 0 Å². The van der Waals surface area contributed by atoms with Crippen LogP contribution in [0.25, 0.3) is 0 Å². The van der Waals surface area contributed by atoms with Crippen LogP contribution in [0.2, 0.25) is 0 Å². The Bertz CT molecular complexity index is 632. The first-order valence-corrected chi connectivity index (χ1v) is 7.53. The maximum Gasteiger partial charge on any atom is 0.222 e. The van der Waals surface area contributed by atoms with Gasteiger partial charge in [-0.15, -0.1) is 0 Å². The van der Waals surface area contributed by atoms with Crippen LogP contribution in [0, 0.1) is 5.82 Å². The number of hydrogen-bond donors (Lipinski definition) is 2. The summed E-state index contributed by atoms with van der Waals surface area (Å²) in [4.78, 5) is 12.0. The molecule has 0 bridgehead atoms. The van der Waals surface area contributed by atoms with Crippen LogP contribution in [-0.2, 0) is 4.79 Å². The van der Waals surface area contributed by atoms with Gasteiger partial charge in [0.25, 0.3) is 0 Å². The van der Waals surface area contributed by atoms with Crippen molar-refractivity contribution in [2.75, 3.05) is 6.61 Å². The highest BCUT2D eigenvalue weighted by molar-refractivity contribution is 5.77. The van der Waals surface area contributed by atoms with Crippen LogP contribution in [-0.4, -0.2) is 18.6 Å². The fourth-order valence-corrected chi connectivity index (χ4v) is 2.19. The molecule has 1 amide bonds. The van der Waals surface area contributed by atoms with Gasteiger partial charge >= 0.3 is 0 Å². The first kappa shape index (κ1) is 17.0. The fourth-order valence-electron chi connectivity index (χ4n) is 2.19. The first-order valence-electron chi connectivity index (χ1n) is 7.53. The summed E-state index contributed by atoms with van der Waals surface area (Å²) in [6, 6.07) is 15.0. The number of nitrogens with two attached hydrogens (primary N) is 1. The number of carbonyl (C=O) groups excluding carboxylic acids is 1. The molecule has 5 heteroatoms. The topological polar surface area (TPSA) is 64.4 Å². The van der Waals surface area contributed by atoms with E-state index >= 15 is 0 Å². The summed E-state index contributed by atoms with van der Waals surface area (Å²) in [6.45, 7) is 1.91. The molecule has 122 valence electrons. The third-order valence-corrected chi connectivity index (χ3v) is 3.29. The van der Waals surface area contributed by atoms with Gasteiger partial charge in [-0.1, -0.05) is 42.5 Å². The minimum Gasteiger partial charge on any atom is -0.488 e. The Kier molecular flexibility index (Phi) is 6.11. The molecule has 0 aliphatic rings. The van der Waals surface area contributed by atoms with Crippen LogP contribution in [0.15, 0.2) is 54.6 Å². The number of hydrogen-bond acceptors (Lipinski definition) is 3. The van der Waals surface area contributed by atoms with E-state index in [1.807, 2.05) is 30.3 Å². The maximum atomic E-state index is 13.6. The van der Waals surface area contributed by atoms with E-state index in [4.69, 9.17) is 10.5 Å². The summed E-state index contributed by atoms with van der Waals surface area (Å²) in [7, 11) is 0. The van der Waals surface area contributed by atoms with E-state index < -0.39 is 5.82 Å². The second-order valence-corrected chi connectivity index (χ2v) is 5.45. The fraction of sp³-hybridized carbons (Fsp3) is 0.278. The lowest BCUT2D eigenvalue weighted by molar-refractivity contribution is -0.122. The molecule has 2 aromatic carbocycles. The number of carbonyl (C=O) groups is 1.